The summed E-state index contributed by atoms with van der Waals surface area (Å²) >= 11 is 1.25. The minimum Gasteiger partial charge on any atom is -0.387 e. The summed E-state index contributed by atoms with van der Waals surface area (Å²) in [4.78, 5) is 19.6. The standard InChI is InChI=1S/C20H37N3O5S/c1-6-8-12-9-13(23(4)10-12)19(27)22-14(11(3)21-7-2)18-16(25)15(24)17(26)20(28-18)29-5/h12-18,20,24-26H,6-10H2,1-5H3,(H,22,27)/b21-11+/t12-,13+,14-,15+,16-,17-,18-,20-/m1/s1. The molecule has 1 amide bonds. The van der Waals surface area contributed by atoms with Gasteiger partial charge < -0.3 is 25.4 Å². The number of hydrogen-bond donors (Lipinski definition) is 4. The molecule has 0 aromatic heterocycles. The summed E-state index contributed by atoms with van der Waals surface area (Å²) < 4.78 is 5.90. The Kier molecular flexibility index (Phi) is 9.37. The molecule has 168 valence electrons. The number of aliphatic imine (C=N–C) groups is 1. The molecule has 8 atom stereocenters. The van der Waals surface area contributed by atoms with Crippen molar-refractivity contribution in [3.05, 3.63) is 0 Å². The third-order valence-corrected chi connectivity index (χ3v) is 6.81. The summed E-state index contributed by atoms with van der Waals surface area (Å²) in [5.41, 5.74) is -0.0746. The van der Waals surface area contributed by atoms with Gasteiger partial charge in [0.2, 0.25) is 5.91 Å². The van der Waals surface area contributed by atoms with E-state index in [0.717, 1.165) is 25.8 Å². The maximum absolute atomic E-state index is 13.1. The molecule has 0 aliphatic carbocycles. The summed E-state index contributed by atoms with van der Waals surface area (Å²) in [6, 6.07) is -0.927. The quantitative estimate of drug-likeness (QED) is 0.407. The Morgan fingerprint density at radius 2 is 1.97 bits per heavy atom. The molecule has 9 heteroatoms. The van der Waals surface area contributed by atoms with Crippen molar-refractivity contribution in [1.82, 2.24) is 10.2 Å². The highest BCUT2D eigenvalue weighted by atomic mass is 32.2. The Morgan fingerprint density at radius 3 is 2.55 bits per heavy atom. The van der Waals surface area contributed by atoms with Gasteiger partial charge in [-0.2, -0.15) is 0 Å². The average Bonchev–Trinajstić information content (AvgIpc) is 3.05. The van der Waals surface area contributed by atoms with Crippen molar-refractivity contribution in [3.63, 3.8) is 0 Å². The van der Waals surface area contributed by atoms with Gasteiger partial charge in [-0.15, -0.1) is 11.8 Å². The van der Waals surface area contributed by atoms with E-state index in [9.17, 15) is 20.1 Å². The fraction of sp³-hybridized carbons (Fsp3) is 0.900. The lowest BCUT2D eigenvalue weighted by atomic mass is 9.92. The van der Waals surface area contributed by atoms with E-state index < -0.39 is 35.9 Å². The number of rotatable bonds is 8. The van der Waals surface area contributed by atoms with Crippen molar-refractivity contribution in [1.29, 1.82) is 0 Å². The van der Waals surface area contributed by atoms with Crippen LogP contribution >= 0.6 is 11.8 Å². The van der Waals surface area contributed by atoms with E-state index in [1.165, 1.54) is 11.8 Å². The molecule has 29 heavy (non-hydrogen) atoms. The zero-order valence-corrected chi connectivity index (χ0v) is 18.9. The van der Waals surface area contributed by atoms with Gasteiger partial charge in [-0.05, 0) is 45.9 Å². The van der Waals surface area contributed by atoms with Gasteiger partial charge in [0.25, 0.3) is 0 Å². The number of likely N-dealkylation sites (N-methyl/N-ethyl adjacent to an activating group) is 1. The first-order valence-electron chi connectivity index (χ1n) is 10.5. The predicted molar refractivity (Wildman–Crippen MR) is 115 cm³/mol. The number of likely N-dealkylation sites (tertiary alicyclic amines) is 1. The van der Waals surface area contributed by atoms with Crippen LogP contribution in [0.3, 0.4) is 0 Å². The monoisotopic (exact) mass is 431 g/mol. The van der Waals surface area contributed by atoms with Gasteiger partial charge >= 0.3 is 0 Å². The van der Waals surface area contributed by atoms with E-state index in [0.29, 0.717) is 18.2 Å². The van der Waals surface area contributed by atoms with Crippen molar-refractivity contribution in [2.24, 2.45) is 10.9 Å². The largest absolute Gasteiger partial charge is 0.387 e. The topological polar surface area (TPSA) is 115 Å². The number of aliphatic hydroxyl groups is 3. The van der Waals surface area contributed by atoms with Crippen LogP contribution in [-0.4, -0.2) is 100 Å². The molecule has 2 saturated heterocycles. The average molecular weight is 432 g/mol. The number of carbonyl (C=O) groups is 1. The lowest BCUT2D eigenvalue weighted by Crippen LogP contribution is -2.65. The minimum atomic E-state index is -1.36. The van der Waals surface area contributed by atoms with Crippen LogP contribution in [0.4, 0.5) is 0 Å². The molecule has 8 nitrogen and oxygen atoms in total. The molecule has 0 radical (unpaired) electrons. The smallest absolute Gasteiger partial charge is 0.237 e. The van der Waals surface area contributed by atoms with Crippen molar-refractivity contribution >= 4 is 23.4 Å². The Morgan fingerprint density at radius 1 is 1.28 bits per heavy atom. The van der Waals surface area contributed by atoms with E-state index in [-0.39, 0.29) is 11.9 Å². The normalized spacial score (nSPS) is 37.5. The predicted octanol–water partition coefficient (Wildman–Crippen LogP) is 0.243. The van der Waals surface area contributed by atoms with Crippen molar-refractivity contribution in [3.8, 4) is 0 Å². The molecule has 4 N–H and O–H groups in total. The Hall–Kier alpha value is -0.710. The van der Waals surface area contributed by atoms with E-state index in [1.807, 2.05) is 14.0 Å². The summed E-state index contributed by atoms with van der Waals surface area (Å²) in [5, 5.41) is 34.1. The van der Waals surface area contributed by atoms with Crippen LogP contribution in [0.2, 0.25) is 0 Å². The zero-order valence-electron chi connectivity index (χ0n) is 18.1. The fourth-order valence-electron chi connectivity index (χ4n) is 4.39. The molecule has 0 unspecified atom stereocenters. The van der Waals surface area contributed by atoms with Gasteiger partial charge in [0, 0.05) is 18.8 Å². The van der Waals surface area contributed by atoms with E-state index in [1.54, 1.807) is 13.2 Å². The summed E-state index contributed by atoms with van der Waals surface area (Å²) in [6.07, 6.45) is -0.0472. The van der Waals surface area contributed by atoms with E-state index in [4.69, 9.17) is 4.74 Å². The molecule has 0 aromatic rings. The van der Waals surface area contributed by atoms with Gasteiger partial charge in [-0.25, -0.2) is 0 Å². The first-order chi connectivity index (χ1) is 13.7. The van der Waals surface area contributed by atoms with Crippen molar-refractivity contribution in [2.75, 3.05) is 26.4 Å². The number of ether oxygens (including phenoxy) is 1. The highest BCUT2D eigenvalue weighted by Crippen LogP contribution is 2.30. The maximum Gasteiger partial charge on any atom is 0.237 e. The number of aliphatic hydroxyl groups excluding tert-OH is 3. The third kappa shape index (κ3) is 5.71. The summed E-state index contributed by atoms with van der Waals surface area (Å²) in [7, 11) is 1.96. The van der Waals surface area contributed by atoms with Crippen LogP contribution in [0.15, 0.2) is 4.99 Å². The number of amides is 1. The van der Waals surface area contributed by atoms with Gasteiger partial charge in [0.05, 0.1) is 12.1 Å². The van der Waals surface area contributed by atoms with Crippen LogP contribution < -0.4 is 5.32 Å². The van der Waals surface area contributed by atoms with Gasteiger partial charge in [0.15, 0.2) is 0 Å². The van der Waals surface area contributed by atoms with Crippen LogP contribution in [0, 0.1) is 5.92 Å². The molecule has 0 bridgehead atoms. The Balaban J connectivity index is 2.20. The number of thioether (sulfide) groups is 1. The summed E-state index contributed by atoms with van der Waals surface area (Å²) in [5.74, 6) is 0.373. The molecule has 2 aliphatic rings. The second-order valence-electron chi connectivity index (χ2n) is 8.12. The van der Waals surface area contributed by atoms with Crippen LogP contribution in [0.25, 0.3) is 0 Å². The molecule has 2 heterocycles. The molecule has 2 aliphatic heterocycles. The number of carbonyl (C=O) groups excluding carboxylic acids is 1. The molecule has 0 aromatic carbocycles. The van der Waals surface area contributed by atoms with Gasteiger partial charge in [-0.1, -0.05) is 13.3 Å². The van der Waals surface area contributed by atoms with E-state index in [2.05, 4.69) is 22.1 Å². The molecule has 0 saturated carbocycles. The van der Waals surface area contributed by atoms with Gasteiger partial charge in [0.1, 0.15) is 29.9 Å². The van der Waals surface area contributed by atoms with Crippen molar-refractivity contribution < 1.29 is 24.9 Å². The Bertz CT molecular complexity index is 576. The second-order valence-corrected chi connectivity index (χ2v) is 9.06. The molecule has 2 fully saturated rings. The second kappa shape index (κ2) is 11.1. The molecular weight excluding hydrogens is 394 g/mol. The fourth-order valence-corrected chi connectivity index (χ4v) is 5.07. The lowest BCUT2D eigenvalue weighted by Gasteiger charge is -2.43. The number of hydrogen-bond acceptors (Lipinski definition) is 8. The van der Waals surface area contributed by atoms with Crippen molar-refractivity contribution in [2.45, 2.75) is 82.0 Å². The number of nitrogens with zero attached hydrogens (tertiary/aromatic N) is 2. The minimum absolute atomic E-state index is 0.126. The first-order valence-corrected chi connectivity index (χ1v) is 11.8. The molecule has 0 spiro atoms. The van der Waals surface area contributed by atoms with Crippen LogP contribution in [0.5, 0.6) is 0 Å². The lowest BCUT2D eigenvalue weighted by molar-refractivity contribution is -0.200. The summed E-state index contributed by atoms with van der Waals surface area (Å²) in [6.45, 7) is 7.25. The Labute approximate surface area is 178 Å². The highest BCUT2D eigenvalue weighted by Gasteiger charge is 2.48. The van der Waals surface area contributed by atoms with Crippen LogP contribution in [0.1, 0.15) is 40.0 Å². The molecule has 2 rings (SSSR count). The van der Waals surface area contributed by atoms with Crippen LogP contribution in [-0.2, 0) is 9.53 Å². The SMILES string of the molecule is CCC[C@@H]1C[C@@H](C(=O)N[C@H](/C(C)=N/CC)[C@H]2O[C@H](SC)[C@H](O)[C@@H](O)[C@H]2O)N(C)C1. The zero-order chi connectivity index (χ0) is 21.7. The first kappa shape index (κ1) is 24.6. The third-order valence-electron chi connectivity index (χ3n) is 5.96. The highest BCUT2D eigenvalue weighted by molar-refractivity contribution is 7.99. The number of nitrogens with one attached hydrogen (secondary N) is 1. The van der Waals surface area contributed by atoms with E-state index >= 15 is 0 Å². The van der Waals surface area contributed by atoms with Gasteiger partial charge in [-0.3, -0.25) is 14.7 Å². The molecular formula is C20H37N3O5S. The maximum atomic E-state index is 13.1.